The number of hydrogen-bond acceptors (Lipinski definition) is 5. The highest BCUT2D eigenvalue weighted by Crippen LogP contribution is 2.33. The normalized spacial score (nSPS) is 15.9. The quantitative estimate of drug-likeness (QED) is 0.647. The van der Waals surface area contributed by atoms with Crippen molar-refractivity contribution in [1.82, 2.24) is 9.80 Å². The van der Waals surface area contributed by atoms with Gasteiger partial charge in [-0.1, -0.05) is 12.1 Å². The Hall–Kier alpha value is -2.62. The summed E-state index contributed by atoms with van der Waals surface area (Å²) in [5.74, 6) is -0.633. The molecule has 0 radical (unpaired) electrons. The first-order valence-electron chi connectivity index (χ1n) is 9.68. The van der Waals surface area contributed by atoms with Crippen molar-refractivity contribution in [2.75, 3.05) is 44.3 Å². The van der Waals surface area contributed by atoms with Crippen LogP contribution in [0.5, 0.6) is 0 Å². The van der Waals surface area contributed by atoms with Gasteiger partial charge in [-0.25, -0.2) is 0 Å². The number of hydrogen-bond donors (Lipinski definition) is 3. The van der Waals surface area contributed by atoms with Crippen molar-refractivity contribution >= 4 is 17.3 Å². The van der Waals surface area contributed by atoms with Crippen LogP contribution in [0.3, 0.4) is 0 Å². The van der Waals surface area contributed by atoms with Gasteiger partial charge in [-0.15, -0.1) is 0 Å². The van der Waals surface area contributed by atoms with Crippen LogP contribution in [0.15, 0.2) is 36.4 Å². The number of anilines is 2. The fourth-order valence-corrected chi connectivity index (χ4v) is 3.43. The third-order valence-electron chi connectivity index (χ3n) is 5.29. The van der Waals surface area contributed by atoms with E-state index >= 15 is 0 Å². The van der Waals surface area contributed by atoms with Gasteiger partial charge in [0.25, 0.3) is 5.91 Å². The van der Waals surface area contributed by atoms with Gasteiger partial charge < -0.3 is 21.7 Å². The number of nitrogens with two attached hydrogens (primary N) is 2. The third kappa shape index (κ3) is 5.29. The molecule has 1 fully saturated rings. The molecule has 0 unspecified atom stereocenters. The highest BCUT2D eigenvalue weighted by atomic mass is 19.4. The van der Waals surface area contributed by atoms with Gasteiger partial charge in [-0.3, -0.25) is 9.69 Å². The number of nitrogens with one attached hydrogen (secondary N) is 1. The molecular weight excluding hydrogens is 395 g/mol. The summed E-state index contributed by atoms with van der Waals surface area (Å²) >= 11 is 0. The molecule has 5 N–H and O–H groups in total. The topological polar surface area (TPSA) is 87.6 Å². The van der Waals surface area contributed by atoms with E-state index in [1.165, 1.54) is 18.2 Å². The number of nitrogens with zero attached hydrogens (tertiary/aromatic N) is 2. The van der Waals surface area contributed by atoms with Crippen LogP contribution in [0, 0.1) is 0 Å². The zero-order valence-corrected chi connectivity index (χ0v) is 16.8. The summed E-state index contributed by atoms with van der Waals surface area (Å²) in [6.07, 6.45) is -4.55. The van der Waals surface area contributed by atoms with Gasteiger partial charge in [0.05, 0.1) is 5.56 Å². The van der Waals surface area contributed by atoms with E-state index in [0.29, 0.717) is 24.5 Å². The maximum atomic E-state index is 13.7. The Bertz CT molecular complexity index is 908. The average Bonchev–Trinajstić information content (AvgIpc) is 2.69. The van der Waals surface area contributed by atoms with E-state index in [9.17, 15) is 18.0 Å². The van der Waals surface area contributed by atoms with Crippen molar-refractivity contribution < 1.29 is 18.0 Å². The van der Waals surface area contributed by atoms with Crippen molar-refractivity contribution in [2.45, 2.75) is 19.3 Å². The Kier molecular flexibility index (Phi) is 6.64. The van der Waals surface area contributed by atoms with Crippen molar-refractivity contribution in [2.24, 2.45) is 5.73 Å². The Morgan fingerprint density at radius 3 is 2.33 bits per heavy atom. The number of likely N-dealkylation sites (N-methyl/N-ethyl adjacent to an activating group) is 1. The Morgan fingerprint density at radius 1 is 1.07 bits per heavy atom. The van der Waals surface area contributed by atoms with Gasteiger partial charge in [-0.2, -0.15) is 13.2 Å². The molecule has 2 aromatic carbocycles. The van der Waals surface area contributed by atoms with Crippen molar-refractivity contribution in [1.29, 1.82) is 0 Å². The molecule has 0 aliphatic carbocycles. The number of rotatable bonds is 5. The average molecular weight is 421 g/mol. The monoisotopic (exact) mass is 421 g/mol. The van der Waals surface area contributed by atoms with Crippen LogP contribution in [0.1, 0.15) is 27.0 Å². The predicted octanol–water partition coefficient (Wildman–Crippen LogP) is 2.75. The molecule has 0 bridgehead atoms. The summed E-state index contributed by atoms with van der Waals surface area (Å²) in [6.45, 7) is 3.49. The second-order valence-electron chi connectivity index (χ2n) is 7.52. The number of carbonyl (C=O) groups is 1. The molecule has 1 saturated heterocycles. The van der Waals surface area contributed by atoms with E-state index in [1.807, 2.05) is 11.9 Å². The largest absolute Gasteiger partial charge is 0.416 e. The van der Waals surface area contributed by atoms with Crippen molar-refractivity contribution in [3.05, 3.63) is 58.7 Å². The Balaban J connectivity index is 1.80. The van der Waals surface area contributed by atoms with Gasteiger partial charge in [0, 0.05) is 56.2 Å². The maximum absolute atomic E-state index is 13.7. The SMILES string of the molecule is CN1CCN(Cc2ccc(C(=O)Nc3ccc(CN)c(N)c3)cc2C(F)(F)F)CC1. The van der Waals surface area contributed by atoms with Crippen LogP contribution in [0.4, 0.5) is 24.5 Å². The first-order valence-corrected chi connectivity index (χ1v) is 9.68. The lowest BCUT2D eigenvalue weighted by Crippen LogP contribution is -2.44. The molecule has 1 aliphatic heterocycles. The minimum Gasteiger partial charge on any atom is -0.398 e. The lowest BCUT2D eigenvalue weighted by atomic mass is 10.0. The standard InChI is InChI=1S/C21H26F3N5O/c1-28-6-8-29(9-7-28)13-16-3-2-14(10-18(16)21(22,23)24)20(30)27-17-5-4-15(12-25)19(26)11-17/h2-5,10-11H,6-9,12-13,25-26H2,1H3,(H,27,30). The number of alkyl halides is 3. The summed E-state index contributed by atoms with van der Waals surface area (Å²) in [6, 6.07) is 8.55. The van der Waals surface area contributed by atoms with E-state index in [1.54, 1.807) is 12.1 Å². The van der Waals surface area contributed by atoms with E-state index in [2.05, 4.69) is 10.2 Å². The second-order valence-corrected chi connectivity index (χ2v) is 7.52. The summed E-state index contributed by atoms with van der Waals surface area (Å²) in [5, 5.41) is 2.59. The summed E-state index contributed by atoms with van der Waals surface area (Å²) in [4.78, 5) is 16.7. The van der Waals surface area contributed by atoms with Crippen LogP contribution in [0.25, 0.3) is 0 Å². The van der Waals surface area contributed by atoms with Crippen LogP contribution in [-0.4, -0.2) is 48.9 Å². The molecule has 1 aliphatic rings. The van der Waals surface area contributed by atoms with Gasteiger partial charge in [-0.05, 0) is 42.4 Å². The highest BCUT2D eigenvalue weighted by molar-refractivity contribution is 6.04. The molecule has 30 heavy (non-hydrogen) atoms. The van der Waals surface area contributed by atoms with Gasteiger partial charge in [0.1, 0.15) is 0 Å². The van der Waals surface area contributed by atoms with Crippen LogP contribution >= 0.6 is 0 Å². The first-order chi connectivity index (χ1) is 14.2. The van der Waals surface area contributed by atoms with E-state index in [4.69, 9.17) is 11.5 Å². The summed E-state index contributed by atoms with van der Waals surface area (Å²) in [7, 11) is 1.99. The molecule has 1 heterocycles. The summed E-state index contributed by atoms with van der Waals surface area (Å²) < 4.78 is 41.1. The molecule has 2 aromatic rings. The third-order valence-corrected chi connectivity index (χ3v) is 5.29. The van der Waals surface area contributed by atoms with Crippen molar-refractivity contribution in [3.63, 3.8) is 0 Å². The number of halogens is 3. The predicted molar refractivity (Wildman–Crippen MR) is 111 cm³/mol. The number of carbonyl (C=O) groups excluding carboxylic acids is 1. The molecule has 3 rings (SSSR count). The van der Waals surface area contributed by atoms with E-state index < -0.39 is 17.6 Å². The second kappa shape index (κ2) is 9.03. The number of nitrogen functional groups attached to an aromatic ring is 1. The molecule has 0 aromatic heterocycles. The lowest BCUT2D eigenvalue weighted by molar-refractivity contribution is -0.138. The summed E-state index contributed by atoms with van der Waals surface area (Å²) in [5.41, 5.74) is 12.3. The number of benzene rings is 2. The van der Waals surface area contributed by atoms with Crippen LogP contribution < -0.4 is 16.8 Å². The van der Waals surface area contributed by atoms with Gasteiger partial charge >= 0.3 is 6.18 Å². The molecule has 0 spiro atoms. The molecular formula is C21H26F3N5O. The minimum absolute atomic E-state index is 0.0640. The molecule has 162 valence electrons. The zero-order valence-electron chi connectivity index (χ0n) is 16.8. The highest BCUT2D eigenvalue weighted by Gasteiger charge is 2.34. The maximum Gasteiger partial charge on any atom is 0.416 e. The molecule has 0 saturated carbocycles. The smallest absolute Gasteiger partial charge is 0.398 e. The number of piperazine rings is 1. The van der Waals surface area contributed by atoms with E-state index in [0.717, 1.165) is 24.7 Å². The Morgan fingerprint density at radius 2 is 1.73 bits per heavy atom. The molecule has 0 atom stereocenters. The van der Waals surface area contributed by atoms with Gasteiger partial charge in [0.15, 0.2) is 0 Å². The fourth-order valence-electron chi connectivity index (χ4n) is 3.43. The Labute approximate surface area is 173 Å². The minimum atomic E-state index is -4.55. The van der Waals surface area contributed by atoms with Crippen LogP contribution in [0.2, 0.25) is 0 Å². The molecule has 6 nitrogen and oxygen atoms in total. The molecule has 1 amide bonds. The van der Waals surface area contributed by atoms with Gasteiger partial charge in [0.2, 0.25) is 0 Å². The lowest BCUT2D eigenvalue weighted by Gasteiger charge is -2.33. The van der Waals surface area contributed by atoms with Crippen molar-refractivity contribution in [3.8, 4) is 0 Å². The zero-order chi connectivity index (χ0) is 21.9. The number of amides is 1. The first kappa shape index (κ1) is 22.1. The van der Waals surface area contributed by atoms with Crippen LogP contribution in [-0.2, 0) is 19.3 Å². The fraction of sp³-hybridized carbons (Fsp3) is 0.381. The molecule has 9 heteroatoms. The van der Waals surface area contributed by atoms with E-state index in [-0.39, 0.29) is 24.2 Å².